The predicted molar refractivity (Wildman–Crippen MR) is 134 cm³/mol. The Hall–Kier alpha value is -0.260. The molecule has 5 aliphatic rings. The molecule has 0 radical (unpaired) electrons. The molecule has 4 fully saturated rings. The lowest BCUT2D eigenvalue weighted by atomic mass is 9.32. The molecule has 0 spiro atoms. The zero-order valence-corrected chi connectivity index (χ0v) is 22.3. The van der Waals surface area contributed by atoms with Gasteiger partial charge in [-0.3, -0.25) is 0 Å². The largest absolute Gasteiger partial charge is 0.0676 e. The number of rotatable bonds is 2. The highest BCUT2D eigenvalue weighted by atomic mass is 14.7. The molecule has 5 aliphatic carbocycles. The van der Waals surface area contributed by atoms with Gasteiger partial charge in [-0.25, -0.2) is 0 Å². The molecule has 0 aliphatic heterocycles. The first-order chi connectivity index (χ1) is 14.4. The molecule has 176 valence electrons. The van der Waals surface area contributed by atoms with E-state index in [0.29, 0.717) is 27.1 Å². The van der Waals surface area contributed by atoms with Gasteiger partial charge < -0.3 is 0 Å². The van der Waals surface area contributed by atoms with Gasteiger partial charge in [0.2, 0.25) is 0 Å². The van der Waals surface area contributed by atoms with E-state index in [4.69, 9.17) is 0 Å². The van der Waals surface area contributed by atoms with Gasteiger partial charge in [0.25, 0.3) is 0 Å². The standard InChI is InChI=1S/C31H52/c1-9-21(2)22-13-18-28(5)23(22)14-19-30(7)25(28)11-12-26-29(6)17-10-16-27(3,4)24(29)15-20-31(26,30)8/h21,24-26H,9-20H2,1-8H3/t21-,24+,25-,26-,28+,29+,30-,31-/m1/s1. The van der Waals surface area contributed by atoms with Crippen LogP contribution in [-0.2, 0) is 0 Å². The third-order valence-corrected chi connectivity index (χ3v) is 13.5. The molecule has 4 saturated carbocycles. The third kappa shape index (κ3) is 2.72. The summed E-state index contributed by atoms with van der Waals surface area (Å²) in [4.78, 5) is 0. The normalized spacial score (nSPS) is 52.1. The van der Waals surface area contributed by atoms with Crippen LogP contribution < -0.4 is 0 Å². The van der Waals surface area contributed by atoms with Crippen molar-refractivity contribution in [1.82, 2.24) is 0 Å². The van der Waals surface area contributed by atoms with Crippen LogP contribution in [0, 0.1) is 50.7 Å². The van der Waals surface area contributed by atoms with Crippen LogP contribution in [0.5, 0.6) is 0 Å². The summed E-state index contributed by atoms with van der Waals surface area (Å²) >= 11 is 0. The molecule has 0 amide bonds. The van der Waals surface area contributed by atoms with Gasteiger partial charge >= 0.3 is 0 Å². The van der Waals surface area contributed by atoms with Gasteiger partial charge in [0.1, 0.15) is 0 Å². The van der Waals surface area contributed by atoms with Crippen molar-refractivity contribution < 1.29 is 0 Å². The van der Waals surface area contributed by atoms with Gasteiger partial charge in [-0.1, -0.05) is 73.0 Å². The number of fused-ring (bicyclic) bond motifs is 7. The van der Waals surface area contributed by atoms with E-state index in [9.17, 15) is 0 Å². The van der Waals surface area contributed by atoms with Gasteiger partial charge in [0.15, 0.2) is 0 Å². The van der Waals surface area contributed by atoms with E-state index in [2.05, 4.69) is 55.4 Å². The van der Waals surface area contributed by atoms with Crippen LogP contribution in [0.15, 0.2) is 11.1 Å². The average Bonchev–Trinajstić information content (AvgIpc) is 3.04. The van der Waals surface area contributed by atoms with Crippen LogP contribution in [0.1, 0.15) is 132 Å². The summed E-state index contributed by atoms with van der Waals surface area (Å²) in [5.74, 6) is 3.63. The quantitative estimate of drug-likeness (QED) is 0.387. The second-order valence-electron chi connectivity index (χ2n) is 14.7. The molecule has 0 aromatic rings. The van der Waals surface area contributed by atoms with Gasteiger partial charge in [0.05, 0.1) is 0 Å². The fourth-order valence-electron chi connectivity index (χ4n) is 11.6. The van der Waals surface area contributed by atoms with Crippen LogP contribution >= 0.6 is 0 Å². The van der Waals surface area contributed by atoms with Crippen LogP contribution in [-0.4, -0.2) is 0 Å². The maximum absolute atomic E-state index is 2.80. The summed E-state index contributed by atoms with van der Waals surface area (Å²) in [7, 11) is 0. The summed E-state index contributed by atoms with van der Waals surface area (Å²) in [6.45, 7) is 21.2. The fourth-order valence-corrected chi connectivity index (χ4v) is 11.6. The number of allylic oxidation sites excluding steroid dienone is 2. The molecule has 0 bridgehead atoms. The van der Waals surface area contributed by atoms with Crippen molar-refractivity contribution in [3.63, 3.8) is 0 Å². The Morgan fingerprint density at radius 2 is 1.42 bits per heavy atom. The smallest absolute Gasteiger partial charge is 0.00769 e. The summed E-state index contributed by atoms with van der Waals surface area (Å²) in [6, 6.07) is 0. The van der Waals surface area contributed by atoms with Crippen LogP contribution in [0.25, 0.3) is 0 Å². The van der Waals surface area contributed by atoms with E-state index < -0.39 is 0 Å². The van der Waals surface area contributed by atoms with Crippen molar-refractivity contribution in [3.8, 4) is 0 Å². The molecule has 0 unspecified atom stereocenters. The lowest BCUT2D eigenvalue weighted by Crippen LogP contribution is -2.65. The number of hydrogen-bond donors (Lipinski definition) is 0. The zero-order valence-electron chi connectivity index (χ0n) is 22.3. The van der Waals surface area contributed by atoms with Crippen molar-refractivity contribution in [2.75, 3.05) is 0 Å². The van der Waals surface area contributed by atoms with Gasteiger partial charge in [-0.2, -0.15) is 0 Å². The minimum absolute atomic E-state index is 0.503. The molecular formula is C31H52. The maximum Gasteiger partial charge on any atom is -0.00769 e. The Balaban J connectivity index is 1.54. The Morgan fingerprint density at radius 3 is 2.13 bits per heavy atom. The molecule has 0 aromatic heterocycles. The molecule has 8 atom stereocenters. The minimum atomic E-state index is 0.503. The van der Waals surface area contributed by atoms with Crippen molar-refractivity contribution >= 4 is 0 Å². The van der Waals surface area contributed by atoms with Gasteiger partial charge in [-0.05, 0) is 121 Å². The molecule has 31 heavy (non-hydrogen) atoms. The predicted octanol–water partition coefficient (Wildman–Crippen LogP) is 9.59. The summed E-state index contributed by atoms with van der Waals surface area (Å²) in [5, 5.41) is 0. The van der Waals surface area contributed by atoms with Crippen LogP contribution in [0.2, 0.25) is 0 Å². The van der Waals surface area contributed by atoms with Crippen molar-refractivity contribution in [3.05, 3.63) is 11.1 Å². The SMILES string of the molecule is CC[C@@H](C)C1=C2CC[C@]3(C)[C@H](CC[C@@H]4[C@@]5(C)CCCC(C)(C)[C@@H]5CC[C@]43C)[C@@]2(C)CC1. The molecule has 0 nitrogen and oxygen atoms in total. The first-order valence-electron chi connectivity index (χ1n) is 14.2. The Labute approximate surface area is 194 Å². The molecule has 0 heterocycles. The lowest BCUT2D eigenvalue weighted by molar-refractivity contribution is -0.226. The third-order valence-electron chi connectivity index (χ3n) is 13.5. The van der Waals surface area contributed by atoms with Crippen LogP contribution in [0.3, 0.4) is 0 Å². The van der Waals surface area contributed by atoms with Crippen LogP contribution in [0.4, 0.5) is 0 Å². The van der Waals surface area contributed by atoms with Crippen molar-refractivity contribution in [2.24, 2.45) is 50.7 Å². The highest BCUT2D eigenvalue weighted by Crippen LogP contribution is 2.77. The summed E-state index contributed by atoms with van der Waals surface area (Å²) in [6.07, 6.45) is 17.5. The van der Waals surface area contributed by atoms with E-state index >= 15 is 0 Å². The van der Waals surface area contributed by atoms with Crippen molar-refractivity contribution in [1.29, 1.82) is 0 Å². The van der Waals surface area contributed by atoms with Gasteiger partial charge in [0, 0.05) is 0 Å². The summed E-state index contributed by atoms with van der Waals surface area (Å²) < 4.78 is 0. The number of hydrogen-bond acceptors (Lipinski definition) is 0. The van der Waals surface area contributed by atoms with Crippen molar-refractivity contribution in [2.45, 2.75) is 132 Å². The van der Waals surface area contributed by atoms with E-state index in [1.165, 1.54) is 77.0 Å². The lowest BCUT2D eigenvalue weighted by Gasteiger charge is -2.72. The first-order valence-corrected chi connectivity index (χ1v) is 14.2. The molecule has 0 N–H and O–H groups in total. The van der Waals surface area contributed by atoms with E-state index in [1.54, 1.807) is 0 Å². The average molecular weight is 425 g/mol. The van der Waals surface area contributed by atoms with E-state index in [1.807, 2.05) is 11.1 Å². The zero-order chi connectivity index (χ0) is 22.4. The van der Waals surface area contributed by atoms with E-state index in [-0.39, 0.29) is 0 Å². The van der Waals surface area contributed by atoms with E-state index in [0.717, 1.165) is 23.7 Å². The fraction of sp³-hybridized carbons (Fsp3) is 0.935. The second-order valence-corrected chi connectivity index (χ2v) is 14.7. The maximum atomic E-state index is 2.80. The van der Waals surface area contributed by atoms with Gasteiger partial charge in [-0.15, -0.1) is 0 Å². The highest BCUT2D eigenvalue weighted by molar-refractivity contribution is 5.35. The first kappa shape index (κ1) is 22.5. The highest BCUT2D eigenvalue weighted by Gasteiger charge is 2.69. The molecule has 0 aromatic carbocycles. The molecular weight excluding hydrogens is 372 g/mol. The molecule has 5 rings (SSSR count). The Kier molecular flexibility index (Phi) is 5.00. The second kappa shape index (κ2) is 6.88. The topological polar surface area (TPSA) is 0 Å². The summed E-state index contributed by atoms with van der Waals surface area (Å²) in [5.41, 5.74) is 6.56. The monoisotopic (exact) mass is 424 g/mol. The minimum Gasteiger partial charge on any atom is -0.0676 e. The molecule has 0 saturated heterocycles. The molecule has 0 heteroatoms. The Bertz CT molecular complexity index is 771. The Morgan fingerprint density at radius 1 is 0.742 bits per heavy atom.